The molecule has 7 nitrogen and oxygen atoms in total. The van der Waals surface area contributed by atoms with Gasteiger partial charge in [-0.1, -0.05) is 12.1 Å². The van der Waals surface area contributed by atoms with E-state index < -0.39 is 0 Å². The Hall–Kier alpha value is -2.80. The zero-order valence-electron chi connectivity index (χ0n) is 14.9. The molecule has 7 heteroatoms. The van der Waals surface area contributed by atoms with Gasteiger partial charge in [0.15, 0.2) is 11.6 Å². The van der Waals surface area contributed by atoms with Crippen molar-refractivity contribution in [1.82, 2.24) is 15.2 Å². The van der Waals surface area contributed by atoms with Crippen LogP contribution in [0.5, 0.6) is 11.5 Å². The molecule has 0 saturated carbocycles. The molecule has 25 heavy (non-hydrogen) atoms. The second-order valence-corrected chi connectivity index (χ2v) is 5.74. The Morgan fingerprint density at radius 2 is 1.88 bits per heavy atom. The van der Waals surface area contributed by atoms with Gasteiger partial charge in [0.05, 0.1) is 20.3 Å². The molecule has 2 rings (SSSR count). The standard InChI is InChI=1S/C18H24N4O3/c1-22(2)12-15(13-7-9-14(24-3)10-8-13)20-18(23)21-17-16(25-4)6-5-11-19-17/h5-11,15H,12H2,1-4H3,(H2,19,20,21,23)/t15-/m0/s1. The molecule has 0 saturated heterocycles. The normalized spacial score (nSPS) is 11.7. The van der Waals surface area contributed by atoms with Gasteiger partial charge in [-0.25, -0.2) is 9.78 Å². The molecule has 1 aromatic carbocycles. The molecule has 0 aliphatic carbocycles. The number of pyridine rings is 1. The zero-order valence-corrected chi connectivity index (χ0v) is 14.9. The lowest BCUT2D eigenvalue weighted by molar-refractivity contribution is 0.244. The Bertz CT molecular complexity index is 689. The van der Waals surface area contributed by atoms with Crippen molar-refractivity contribution in [2.75, 3.05) is 40.2 Å². The van der Waals surface area contributed by atoms with Crippen LogP contribution in [0.25, 0.3) is 0 Å². The van der Waals surface area contributed by atoms with Gasteiger partial charge < -0.3 is 19.7 Å². The van der Waals surface area contributed by atoms with Crippen molar-refractivity contribution >= 4 is 11.8 Å². The Morgan fingerprint density at radius 3 is 2.48 bits per heavy atom. The first kappa shape index (κ1) is 18.5. The number of benzene rings is 1. The molecule has 2 aromatic rings. The fourth-order valence-corrected chi connectivity index (χ4v) is 2.39. The summed E-state index contributed by atoms with van der Waals surface area (Å²) in [6.07, 6.45) is 1.60. The SMILES string of the molecule is COc1ccc([C@H](CN(C)C)NC(=O)Nc2ncccc2OC)cc1. The van der Waals surface area contributed by atoms with Crippen LogP contribution in [-0.2, 0) is 0 Å². The van der Waals surface area contributed by atoms with Crippen LogP contribution in [0, 0.1) is 0 Å². The third-order valence-corrected chi connectivity index (χ3v) is 3.59. The van der Waals surface area contributed by atoms with Crippen LogP contribution in [0.1, 0.15) is 11.6 Å². The smallest absolute Gasteiger partial charge is 0.321 e. The van der Waals surface area contributed by atoms with E-state index in [0.29, 0.717) is 18.1 Å². The fourth-order valence-electron chi connectivity index (χ4n) is 2.39. The first-order valence-corrected chi connectivity index (χ1v) is 7.88. The number of amides is 2. The van der Waals surface area contributed by atoms with Crippen molar-refractivity contribution in [2.45, 2.75) is 6.04 Å². The molecule has 1 heterocycles. The number of urea groups is 1. The van der Waals surface area contributed by atoms with Crippen molar-refractivity contribution in [3.8, 4) is 11.5 Å². The second kappa shape index (κ2) is 8.89. The Balaban J connectivity index is 2.11. The summed E-state index contributed by atoms with van der Waals surface area (Å²) in [4.78, 5) is 18.5. The zero-order chi connectivity index (χ0) is 18.2. The van der Waals surface area contributed by atoms with Crippen LogP contribution in [0.4, 0.5) is 10.6 Å². The minimum Gasteiger partial charge on any atom is -0.497 e. The van der Waals surface area contributed by atoms with Gasteiger partial charge in [0.25, 0.3) is 0 Å². The predicted molar refractivity (Wildman–Crippen MR) is 97.2 cm³/mol. The maximum absolute atomic E-state index is 12.4. The molecule has 0 unspecified atom stereocenters. The van der Waals surface area contributed by atoms with E-state index in [-0.39, 0.29) is 12.1 Å². The summed E-state index contributed by atoms with van der Waals surface area (Å²) in [6, 6.07) is 10.6. The molecule has 1 atom stereocenters. The molecule has 134 valence electrons. The van der Waals surface area contributed by atoms with Gasteiger partial charge >= 0.3 is 6.03 Å². The van der Waals surface area contributed by atoms with E-state index in [4.69, 9.17) is 9.47 Å². The van der Waals surface area contributed by atoms with E-state index in [1.54, 1.807) is 25.4 Å². The van der Waals surface area contributed by atoms with E-state index in [0.717, 1.165) is 11.3 Å². The molecule has 0 aliphatic rings. The number of anilines is 1. The van der Waals surface area contributed by atoms with Crippen LogP contribution in [-0.4, -0.2) is 50.8 Å². The topological polar surface area (TPSA) is 75.7 Å². The van der Waals surface area contributed by atoms with E-state index in [1.807, 2.05) is 43.3 Å². The predicted octanol–water partition coefficient (Wildman–Crippen LogP) is 2.52. The van der Waals surface area contributed by atoms with E-state index in [2.05, 4.69) is 15.6 Å². The van der Waals surface area contributed by atoms with Gasteiger partial charge in [-0.3, -0.25) is 5.32 Å². The lowest BCUT2D eigenvalue weighted by Gasteiger charge is -2.23. The molecular formula is C18H24N4O3. The Morgan fingerprint density at radius 1 is 1.16 bits per heavy atom. The molecule has 0 fully saturated rings. The number of hydrogen-bond donors (Lipinski definition) is 2. The summed E-state index contributed by atoms with van der Waals surface area (Å²) in [5, 5.41) is 5.70. The summed E-state index contributed by atoms with van der Waals surface area (Å²) in [5.74, 6) is 1.65. The maximum Gasteiger partial charge on any atom is 0.321 e. The Kier molecular flexibility index (Phi) is 6.59. The largest absolute Gasteiger partial charge is 0.497 e. The van der Waals surface area contributed by atoms with Crippen molar-refractivity contribution < 1.29 is 14.3 Å². The molecular weight excluding hydrogens is 320 g/mol. The summed E-state index contributed by atoms with van der Waals surface area (Å²) in [7, 11) is 7.07. The summed E-state index contributed by atoms with van der Waals surface area (Å²) in [6.45, 7) is 0.652. The average Bonchev–Trinajstić information content (AvgIpc) is 2.61. The van der Waals surface area contributed by atoms with Crippen molar-refractivity contribution in [2.24, 2.45) is 0 Å². The first-order chi connectivity index (χ1) is 12.0. The number of aromatic nitrogens is 1. The highest BCUT2D eigenvalue weighted by Gasteiger charge is 2.17. The number of ether oxygens (including phenoxy) is 2. The quantitative estimate of drug-likeness (QED) is 0.807. The highest BCUT2D eigenvalue weighted by molar-refractivity contribution is 5.89. The number of hydrogen-bond acceptors (Lipinski definition) is 5. The highest BCUT2D eigenvalue weighted by Crippen LogP contribution is 2.21. The van der Waals surface area contributed by atoms with E-state index in [9.17, 15) is 4.79 Å². The highest BCUT2D eigenvalue weighted by atomic mass is 16.5. The lowest BCUT2D eigenvalue weighted by atomic mass is 10.1. The van der Waals surface area contributed by atoms with Gasteiger partial charge in [-0.05, 0) is 43.9 Å². The van der Waals surface area contributed by atoms with E-state index >= 15 is 0 Å². The molecule has 0 spiro atoms. The van der Waals surface area contributed by atoms with Gasteiger partial charge in [-0.15, -0.1) is 0 Å². The van der Waals surface area contributed by atoms with Crippen LogP contribution in [0.2, 0.25) is 0 Å². The van der Waals surface area contributed by atoms with Crippen LogP contribution in [0.3, 0.4) is 0 Å². The third kappa shape index (κ3) is 5.36. The van der Waals surface area contributed by atoms with Crippen LogP contribution in [0.15, 0.2) is 42.6 Å². The van der Waals surface area contributed by atoms with Gasteiger partial charge in [0, 0.05) is 12.7 Å². The summed E-state index contributed by atoms with van der Waals surface area (Å²) >= 11 is 0. The molecule has 0 radical (unpaired) electrons. The molecule has 0 bridgehead atoms. The summed E-state index contributed by atoms with van der Waals surface area (Å²) < 4.78 is 10.4. The number of rotatable bonds is 7. The van der Waals surface area contributed by atoms with Crippen molar-refractivity contribution in [3.05, 3.63) is 48.2 Å². The number of nitrogens with one attached hydrogen (secondary N) is 2. The second-order valence-electron chi connectivity index (χ2n) is 5.74. The molecule has 0 aliphatic heterocycles. The first-order valence-electron chi connectivity index (χ1n) is 7.88. The third-order valence-electron chi connectivity index (χ3n) is 3.59. The average molecular weight is 344 g/mol. The minimum absolute atomic E-state index is 0.185. The number of carbonyl (C=O) groups excluding carboxylic acids is 1. The lowest BCUT2D eigenvalue weighted by Crippen LogP contribution is -2.38. The molecule has 2 N–H and O–H groups in total. The summed E-state index contributed by atoms with van der Waals surface area (Å²) in [5.41, 5.74) is 0.984. The number of carbonyl (C=O) groups is 1. The molecule has 2 amide bonds. The monoisotopic (exact) mass is 344 g/mol. The fraction of sp³-hybridized carbons (Fsp3) is 0.333. The number of likely N-dealkylation sites (N-methyl/N-ethyl adjacent to an activating group) is 1. The van der Waals surface area contributed by atoms with Gasteiger partial charge in [0.2, 0.25) is 0 Å². The van der Waals surface area contributed by atoms with Gasteiger partial charge in [0.1, 0.15) is 5.75 Å². The minimum atomic E-state index is -0.348. The molecule has 1 aromatic heterocycles. The van der Waals surface area contributed by atoms with Crippen molar-refractivity contribution in [1.29, 1.82) is 0 Å². The Labute approximate surface area is 148 Å². The van der Waals surface area contributed by atoms with Crippen LogP contribution < -0.4 is 20.1 Å². The number of methoxy groups -OCH3 is 2. The maximum atomic E-state index is 12.4. The van der Waals surface area contributed by atoms with Gasteiger partial charge in [-0.2, -0.15) is 0 Å². The van der Waals surface area contributed by atoms with Crippen LogP contribution >= 0.6 is 0 Å². The number of nitrogens with zero attached hydrogens (tertiary/aromatic N) is 2. The van der Waals surface area contributed by atoms with Crippen molar-refractivity contribution in [3.63, 3.8) is 0 Å². The van der Waals surface area contributed by atoms with E-state index in [1.165, 1.54) is 7.11 Å².